The molecule has 122 valence electrons. The molecule has 0 radical (unpaired) electrons. The first-order valence-electron chi connectivity index (χ1n) is 5.99. The molecule has 0 aliphatic rings. The number of aromatic amines is 1. The number of hydrogen-bond acceptors (Lipinski definition) is 2. The fourth-order valence-corrected chi connectivity index (χ4v) is 3.16. The van der Waals surface area contributed by atoms with Crippen LogP contribution >= 0.6 is 22.9 Å². The lowest BCUT2D eigenvalue weighted by atomic mass is 10.1. The Kier molecular flexibility index (Phi) is 3.60. The standard InChI is InChI=1S/C13H5ClF6N2S/c14-7-1-2-23-10(7)11-21-8-4-5(12(15,16)17)3-6(9(8)22-11)13(18,19)20/h1-4H,(H,21,22). The second-order valence-corrected chi connectivity index (χ2v) is 5.92. The molecule has 0 saturated heterocycles. The fourth-order valence-electron chi connectivity index (χ4n) is 2.07. The van der Waals surface area contributed by atoms with Gasteiger partial charge < -0.3 is 4.98 Å². The van der Waals surface area contributed by atoms with Crippen LogP contribution in [0.2, 0.25) is 5.02 Å². The Hall–Kier alpha value is -1.74. The molecular formula is C13H5ClF6N2S. The predicted octanol–water partition coefficient (Wildman–Crippen LogP) is 5.98. The van der Waals surface area contributed by atoms with Crippen molar-refractivity contribution in [3.05, 3.63) is 39.7 Å². The third kappa shape index (κ3) is 2.90. The second kappa shape index (κ2) is 5.13. The topological polar surface area (TPSA) is 28.7 Å². The van der Waals surface area contributed by atoms with E-state index < -0.39 is 29.0 Å². The maximum absolute atomic E-state index is 13.1. The number of nitrogens with one attached hydrogen (secondary N) is 1. The van der Waals surface area contributed by atoms with E-state index in [-0.39, 0.29) is 22.4 Å². The number of nitrogens with zero attached hydrogens (tertiary/aromatic N) is 1. The van der Waals surface area contributed by atoms with E-state index in [4.69, 9.17) is 11.6 Å². The van der Waals surface area contributed by atoms with Gasteiger partial charge in [0.25, 0.3) is 0 Å². The third-order valence-electron chi connectivity index (χ3n) is 3.05. The third-order valence-corrected chi connectivity index (χ3v) is 4.40. The SMILES string of the molecule is FC(F)(F)c1cc(C(F)(F)F)c2nc(-c3sccc3Cl)[nH]c2c1. The molecule has 0 aliphatic heterocycles. The van der Waals surface area contributed by atoms with Crippen LogP contribution in [-0.4, -0.2) is 9.97 Å². The number of rotatable bonds is 1. The normalized spacial score (nSPS) is 13.0. The van der Waals surface area contributed by atoms with Crippen molar-refractivity contribution < 1.29 is 26.3 Å². The quantitative estimate of drug-likeness (QED) is 0.524. The number of imidazole rings is 1. The highest BCUT2D eigenvalue weighted by molar-refractivity contribution is 7.14. The molecule has 2 heterocycles. The lowest BCUT2D eigenvalue weighted by Gasteiger charge is -2.11. The molecule has 10 heteroatoms. The Morgan fingerprint density at radius 1 is 1.04 bits per heavy atom. The Bertz CT molecular complexity index is 877. The van der Waals surface area contributed by atoms with E-state index in [0.717, 1.165) is 11.3 Å². The van der Waals surface area contributed by atoms with Gasteiger partial charge >= 0.3 is 12.4 Å². The number of halogens is 7. The van der Waals surface area contributed by atoms with Gasteiger partial charge in [-0.05, 0) is 23.6 Å². The van der Waals surface area contributed by atoms with E-state index in [1.807, 2.05) is 0 Å². The van der Waals surface area contributed by atoms with Gasteiger partial charge in [0.15, 0.2) is 0 Å². The summed E-state index contributed by atoms with van der Waals surface area (Å²) in [7, 11) is 0. The molecule has 3 aromatic rings. The summed E-state index contributed by atoms with van der Waals surface area (Å²) in [5.41, 5.74) is -3.78. The summed E-state index contributed by atoms with van der Waals surface area (Å²) in [5.74, 6) is -0.00942. The molecule has 23 heavy (non-hydrogen) atoms. The van der Waals surface area contributed by atoms with Gasteiger partial charge in [0.1, 0.15) is 11.3 Å². The van der Waals surface area contributed by atoms with Crippen molar-refractivity contribution in [3.63, 3.8) is 0 Å². The monoisotopic (exact) mass is 370 g/mol. The highest BCUT2D eigenvalue weighted by Gasteiger charge is 2.39. The zero-order valence-electron chi connectivity index (χ0n) is 10.8. The predicted molar refractivity (Wildman–Crippen MR) is 74.4 cm³/mol. The molecule has 1 aromatic carbocycles. The van der Waals surface area contributed by atoms with Gasteiger partial charge in [-0.15, -0.1) is 11.3 Å². The second-order valence-electron chi connectivity index (χ2n) is 4.60. The van der Waals surface area contributed by atoms with E-state index in [2.05, 4.69) is 9.97 Å². The van der Waals surface area contributed by atoms with Gasteiger partial charge in [-0.25, -0.2) is 4.98 Å². The summed E-state index contributed by atoms with van der Waals surface area (Å²) in [5, 5.41) is 1.84. The highest BCUT2D eigenvalue weighted by Crippen LogP contribution is 2.41. The number of H-pyrrole nitrogens is 1. The molecule has 1 N–H and O–H groups in total. The molecule has 2 nitrogen and oxygen atoms in total. The molecule has 2 aromatic heterocycles. The summed E-state index contributed by atoms with van der Waals surface area (Å²) < 4.78 is 77.6. The molecule has 0 atom stereocenters. The fraction of sp³-hybridized carbons (Fsp3) is 0.154. The van der Waals surface area contributed by atoms with Crippen LogP contribution in [0, 0.1) is 0 Å². The molecule has 0 aliphatic carbocycles. The van der Waals surface area contributed by atoms with Crippen molar-refractivity contribution in [2.75, 3.05) is 0 Å². The summed E-state index contributed by atoms with van der Waals surface area (Å²) >= 11 is 7.00. The molecule has 0 spiro atoms. The maximum Gasteiger partial charge on any atom is 0.418 e. The van der Waals surface area contributed by atoms with Crippen LogP contribution < -0.4 is 0 Å². The number of alkyl halides is 6. The molecule has 3 rings (SSSR count). The minimum Gasteiger partial charge on any atom is -0.337 e. The van der Waals surface area contributed by atoms with Crippen LogP contribution in [0.5, 0.6) is 0 Å². The van der Waals surface area contributed by atoms with Gasteiger partial charge in [0.05, 0.1) is 26.5 Å². The van der Waals surface area contributed by atoms with Gasteiger partial charge in [-0.3, -0.25) is 0 Å². The van der Waals surface area contributed by atoms with Crippen LogP contribution in [0.4, 0.5) is 26.3 Å². The van der Waals surface area contributed by atoms with Crippen LogP contribution in [0.1, 0.15) is 11.1 Å². The van der Waals surface area contributed by atoms with Crippen molar-refractivity contribution in [2.24, 2.45) is 0 Å². The van der Waals surface area contributed by atoms with Crippen molar-refractivity contribution in [2.45, 2.75) is 12.4 Å². The van der Waals surface area contributed by atoms with Crippen molar-refractivity contribution >= 4 is 34.0 Å². The Morgan fingerprint density at radius 2 is 1.74 bits per heavy atom. The van der Waals surface area contributed by atoms with E-state index in [1.54, 1.807) is 5.38 Å². The number of fused-ring (bicyclic) bond motifs is 1. The molecule has 0 bridgehead atoms. The van der Waals surface area contributed by atoms with Crippen LogP contribution in [0.25, 0.3) is 21.7 Å². The van der Waals surface area contributed by atoms with E-state index >= 15 is 0 Å². The molecule has 0 amide bonds. The lowest BCUT2D eigenvalue weighted by Crippen LogP contribution is -2.11. The van der Waals surface area contributed by atoms with Gasteiger partial charge in [-0.1, -0.05) is 11.6 Å². The minimum absolute atomic E-state index is 0.00942. The van der Waals surface area contributed by atoms with E-state index in [0.29, 0.717) is 10.9 Å². The van der Waals surface area contributed by atoms with Crippen molar-refractivity contribution in [1.29, 1.82) is 0 Å². The largest absolute Gasteiger partial charge is 0.418 e. The van der Waals surface area contributed by atoms with Gasteiger partial charge in [0, 0.05) is 0 Å². The first kappa shape index (κ1) is 16.1. The van der Waals surface area contributed by atoms with Crippen molar-refractivity contribution in [1.82, 2.24) is 9.97 Å². The Balaban J connectivity index is 2.30. The van der Waals surface area contributed by atoms with Crippen molar-refractivity contribution in [3.8, 4) is 10.7 Å². The molecule has 0 fully saturated rings. The Morgan fingerprint density at radius 3 is 2.26 bits per heavy atom. The molecular weight excluding hydrogens is 366 g/mol. The summed E-state index contributed by atoms with van der Waals surface area (Å²) in [6.45, 7) is 0. The summed E-state index contributed by atoms with van der Waals surface area (Å²) in [6, 6.07) is 2.17. The smallest absolute Gasteiger partial charge is 0.337 e. The molecule has 0 unspecified atom stereocenters. The first-order valence-corrected chi connectivity index (χ1v) is 7.24. The average Bonchev–Trinajstić information content (AvgIpc) is 3.00. The van der Waals surface area contributed by atoms with E-state index in [9.17, 15) is 26.3 Å². The first-order chi connectivity index (χ1) is 10.6. The van der Waals surface area contributed by atoms with Gasteiger partial charge in [-0.2, -0.15) is 26.3 Å². The van der Waals surface area contributed by atoms with Crippen LogP contribution in [0.15, 0.2) is 23.6 Å². The summed E-state index contributed by atoms with van der Waals surface area (Å²) in [6.07, 6.45) is -9.87. The van der Waals surface area contributed by atoms with E-state index in [1.165, 1.54) is 6.07 Å². The lowest BCUT2D eigenvalue weighted by molar-refractivity contribution is -0.142. The molecule has 0 saturated carbocycles. The Labute approximate surface area is 133 Å². The number of thiophene rings is 1. The van der Waals surface area contributed by atoms with Crippen LogP contribution in [0.3, 0.4) is 0 Å². The minimum atomic E-state index is -4.97. The number of hydrogen-bond donors (Lipinski definition) is 1. The van der Waals surface area contributed by atoms with Crippen LogP contribution in [-0.2, 0) is 12.4 Å². The summed E-state index contributed by atoms with van der Waals surface area (Å²) in [4.78, 5) is 6.62. The average molecular weight is 371 g/mol. The zero-order valence-corrected chi connectivity index (χ0v) is 12.4. The van der Waals surface area contributed by atoms with Gasteiger partial charge in [0.2, 0.25) is 0 Å². The maximum atomic E-state index is 13.1. The highest BCUT2D eigenvalue weighted by atomic mass is 35.5. The number of benzene rings is 1. The zero-order chi connectivity index (χ0) is 17.0. The number of aromatic nitrogens is 2.